The predicted molar refractivity (Wildman–Crippen MR) is 229 cm³/mol. The van der Waals surface area contributed by atoms with Crippen molar-refractivity contribution < 1.29 is 0 Å². The summed E-state index contributed by atoms with van der Waals surface area (Å²) in [6.45, 7) is 0.975. The van der Waals surface area contributed by atoms with Crippen LogP contribution in [0.15, 0.2) is 190 Å². The molecule has 53 heavy (non-hydrogen) atoms. The van der Waals surface area contributed by atoms with Gasteiger partial charge in [-0.1, -0.05) is 181 Å². The van der Waals surface area contributed by atoms with Crippen LogP contribution < -0.4 is 21.6 Å². The van der Waals surface area contributed by atoms with E-state index < -0.39 is 7.92 Å². The lowest BCUT2D eigenvalue weighted by Gasteiger charge is -2.18. The van der Waals surface area contributed by atoms with Crippen molar-refractivity contribution in [3.63, 3.8) is 0 Å². The zero-order chi connectivity index (χ0) is 36.8. The van der Waals surface area contributed by atoms with Crippen LogP contribution in [0.25, 0.3) is 22.6 Å². The fourth-order valence-corrected chi connectivity index (χ4v) is 7.93. The Labute approximate surface area is 315 Å². The SMILES string of the molecule is NC/C=C/c1ccc(CC2=CCC=N2)cc1.[N-]=[N+]=NC/C=C/c1ccc(CC2=CCC=N2)cc1.c1ccc(P(c2ccccc2)c2ccccc2)cc1. The lowest BCUT2D eigenvalue weighted by atomic mass is 10.1. The van der Waals surface area contributed by atoms with E-state index in [9.17, 15) is 0 Å². The van der Waals surface area contributed by atoms with Crippen LogP contribution in [0.1, 0.15) is 35.1 Å². The molecule has 0 aliphatic carbocycles. The molecule has 0 saturated carbocycles. The molecular weight excluding hydrogens is 668 g/mol. The first-order valence-electron chi connectivity index (χ1n) is 17.8. The Morgan fingerprint density at radius 3 is 1.36 bits per heavy atom. The van der Waals surface area contributed by atoms with Gasteiger partial charge in [0.15, 0.2) is 0 Å². The van der Waals surface area contributed by atoms with Crippen LogP contribution in [0.3, 0.4) is 0 Å². The topological polar surface area (TPSA) is 99.5 Å². The Balaban J connectivity index is 0.000000154. The number of aliphatic imine (C=N–C) groups is 2. The van der Waals surface area contributed by atoms with Crippen LogP contribution in [0, 0.1) is 0 Å². The molecule has 0 fully saturated rings. The van der Waals surface area contributed by atoms with Gasteiger partial charge < -0.3 is 5.73 Å². The van der Waals surface area contributed by atoms with Crippen LogP contribution >= 0.6 is 7.92 Å². The summed E-state index contributed by atoms with van der Waals surface area (Å²) < 4.78 is 0. The molecule has 5 aromatic carbocycles. The van der Waals surface area contributed by atoms with Crippen molar-refractivity contribution in [2.24, 2.45) is 20.8 Å². The number of azide groups is 1. The molecule has 0 spiro atoms. The van der Waals surface area contributed by atoms with Crippen LogP contribution in [0.5, 0.6) is 0 Å². The number of hydrogen-bond donors (Lipinski definition) is 1. The molecule has 264 valence electrons. The van der Waals surface area contributed by atoms with Crippen molar-refractivity contribution in [1.82, 2.24) is 0 Å². The lowest BCUT2D eigenvalue weighted by molar-refractivity contribution is 1.12. The Morgan fingerprint density at radius 2 is 1.00 bits per heavy atom. The van der Waals surface area contributed by atoms with Gasteiger partial charge in [-0.3, -0.25) is 9.98 Å². The third kappa shape index (κ3) is 13.3. The van der Waals surface area contributed by atoms with Crippen molar-refractivity contribution >= 4 is 48.4 Å². The van der Waals surface area contributed by atoms with E-state index in [2.05, 4.69) is 172 Å². The van der Waals surface area contributed by atoms with E-state index in [4.69, 9.17) is 11.3 Å². The minimum Gasteiger partial charge on any atom is -0.327 e. The van der Waals surface area contributed by atoms with E-state index in [1.54, 1.807) is 0 Å². The van der Waals surface area contributed by atoms with E-state index in [0.717, 1.165) is 36.9 Å². The molecule has 2 aliphatic heterocycles. The minimum absolute atomic E-state index is 0.389. The second-order valence-electron chi connectivity index (χ2n) is 12.1. The van der Waals surface area contributed by atoms with Crippen molar-refractivity contribution in [3.05, 3.63) is 208 Å². The maximum atomic E-state index is 8.14. The largest absolute Gasteiger partial charge is 0.327 e. The number of benzene rings is 5. The molecule has 5 aromatic rings. The number of rotatable bonds is 12. The van der Waals surface area contributed by atoms with Crippen LogP contribution in [0.2, 0.25) is 0 Å². The zero-order valence-electron chi connectivity index (χ0n) is 29.9. The molecule has 2 heterocycles. The lowest BCUT2D eigenvalue weighted by Crippen LogP contribution is -2.20. The Kier molecular flexibility index (Phi) is 16.0. The summed E-state index contributed by atoms with van der Waals surface area (Å²) in [4.78, 5) is 11.3. The highest BCUT2D eigenvalue weighted by Crippen LogP contribution is 2.32. The molecule has 6 nitrogen and oxygen atoms in total. The smallest absolute Gasteiger partial charge is 0.0443 e. The molecule has 0 radical (unpaired) electrons. The summed E-state index contributed by atoms with van der Waals surface area (Å²) in [5.41, 5.74) is 20.7. The van der Waals surface area contributed by atoms with Gasteiger partial charge in [0.05, 0.1) is 0 Å². The summed E-state index contributed by atoms with van der Waals surface area (Å²) in [6, 6.07) is 49.1. The molecule has 2 N–H and O–H groups in total. The summed E-state index contributed by atoms with van der Waals surface area (Å²) in [6.07, 6.45) is 19.7. The molecule has 2 aliphatic rings. The van der Waals surface area contributed by atoms with E-state index in [1.807, 2.05) is 36.7 Å². The molecule has 0 atom stereocenters. The van der Waals surface area contributed by atoms with Gasteiger partial charge in [-0.15, -0.1) is 0 Å². The number of allylic oxidation sites excluding steroid dienone is 4. The normalized spacial score (nSPS) is 12.9. The van der Waals surface area contributed by atoms with E-state index in [0.29, 0.717) is 13.1 Å². The van der Waals surface area contributed by atoms with Crippen molar-refractivity contribution in [3.8, 4) is 0 Å². The molecule has 0 saturated heterocycles. The van der Waals surface area contributed by atoms with Gasteiger partial charge >= 0.3 is 0 Å². The fraction of sp³-hybridized carbons (Fsp3) is 0.130. The molecule has 7 rings (SSSR count). The molecule has 0 unspecified atom stereocenters. The van der Waals surface area contributed by atoms with Crippen molar-refractivity contribution in [2.45, 2.75) is 25.7 Å². The Hall–Kier alpha value is -5.90. The average molecular weight is 713 g/mol. The number of nitrogens with two attached hydrogens (primary N) is 1. The van der Waals surface area contributed by atoms with Crippen LogP contribution in [-0.2, 0) is 12.8 Å². The molecule has 0 bridgehead atoms. The predicted octanol–water partition coefficient (Wildman–Crippen LogP) is 9.92. The standard InChI is InChI=1S/C18H15P.C14H14N4.C14H16N2/c1-4-10-16(11-5-1)19(17-12-6-2-7-13-17)18-14-8-3-9-15-18;15-18-17-10-1-3-12-5-7-13(8-6-12)11-14-4-2-9-16-14;15-9-1-3-12-5-7-13(8-6-12)11-14-4-2-10-16-14/h1-15H;1,3-9H,2,10-11H2;1,3-8,10H,2,9,11,15H2/b;2*3-1+. The molecule has 7 heteroatoms. The first kappa shape index (κ1) is 38.3. The van der Waals surface area contributed by atoms with Gasteiger partial charge in [-0.25, -0.2) is 0 Å². The third-order valence-corrected chi connectivity index (χ3v) is 10.7. The van der Waals surface area contributed by atoms with Crippen molar-refractivity contribution in [1.29, 1.82) is 0 Å². The van der Waals surface area contributed by atoms with Gasteiger partial charge in [-0.05, 0) is 51.6 Å². The zero-order valence-corrected chi connectivity index (χ0v) is 30.8. The summed E-state index contributed by atoms with van der Waals surface area (Å²) >= 11 is 0. The van der Waals surface area contributed by atoms with Crippen LogP contribution in [0.4, 0.5) is 0 Å². The van der Waals surface area contributed by atoms with Crippen LogP contribution in [-0.4, -0.2) is 25.5 Å². The number of nitrogens with zero attached hydrogens (tertiary/aromatic N) is 5. The Morgan fingerprint density at radius 1 is 0.585 bits per heavy atom. The maximum absolute atomic E-state index is 8.14. The quantitative estimate of drug-likeness (QED) is 0.0592. The van der Waals surface area contributed by atoms with Gasteiger partial charge in [0.25, 0.3) is 0 Å². The second kappa shape index (κ2) is 22.1. The van der Waals surface area contributed by atoms with E-state index in [1.165, 1.54) is 38.3 Å². The van der Waals surface area contributed by atoms with Gasteiger partial charge in [0, 0.05) is 67.5 Å². The third-order valence-electron chi connectivity index (χ3n) is 8.21. The van der Waals surface area contributed by atoms with E-state index in [-0.39, 0.29) is 0 Å². The van der Waals surface area contributed by atoms with E-state index >= 15 is 0 Å². The number of hydrogen-bond acceptors (Lipinski definition) is 4. The van der Waals surface area contributed by atoms with Gasteiger partial charge in [0.2, 0.25) is 0 Å². The molecule has 0 aromatic heterocycles. The summed E-state index contributed by atoms with van der Waals surface area (Å²) in [5, 5.41) is 7.64. The second-order valence-corrected chi connectivity index (χ2v) is 14.3. The highest BCUT2D eigenvalue weighted by molar-refractivity contribution is 7.79. The summed E-state index contributed by atoms with van der Waals surface area (Å²) in [5.74, 6) is 0. The Bertz CT molecular complexity index is 1970. The molecular formula is C46H45N6P. The van der Waals surface area contributed by atoms with Gasteiger partial charge in [0.1, 0.15) is 0 Å². The monoisotopic (exact) mass is 712 g/mol. The van der Waals surface area contributed by atoms with Gasteiger partial charge in [-0.2, -0.15) is 0 Å². The average Bonchev–Trinajstić information content (AvgIpc) is 3.94. The minimum atomic E-state index is -0.446. The summed E-state index contributed by atoms with van der Waals surface area (Å²) in [7, 11) is -0.446. The first-order valence-corrected chi connectivity index (χ1v) is 19.2. The van der Waals surface area contributed by atoms with Crippen molar-refractivity contribution in [2.75, 3.05) is 13.1 Å². The fourth-order valence-electron chi connectivity index (χ4n) is 5.62. The highest BCUT2D eigenvalue weighted by atomic mass is 31.1. The first-order chi connectivity index (χ1) is 26.2. The molecule has 0 amide bonds. The maximum Gasteiger partial charge on any atom is 0.0443 e. The highest BCUT2D eigenvalue weighted by Gasteiger charge is 2.15.